The SMILES string of the molecule is CC=C(C)C=CCCCCCCCC. The van der Waals surface area contributed by atoms with Gasteiger partial charge in [-0.3, -0.25) is 0 Å². The first kappa shape index (κ1) is 13.5. The number of allylic oxidation sites excluding steroid dienone is 4. The first-order valence-electron chi connectivity index (χ1n) is 6.10. The van der Waals surface area contributed by atoms with Crippen LogP contribution in [0.2, 0.25) is 0 Å². The van der Waals surface area contributed by atoms with Crippen LogP contribution in [0.4, 0.5) is 0 Å². The highest BCUT2D eigenvalue weighted by Gasteiger charge is 1.87. The van der Waals surface area contributed by atoms with Crippen LogP contribution >= 0.6 is 0 Å². The van der Waals surface area contributed by atoms with Gasteiger partial charge in [-0.1, -0.05) is 62.8 Å². The molecule has 0 aliphatic heterocycles. The van der Waals surface area contributed by atoms with Crippen LogP contribution in [0.1, 0.15) is 65.7 Å². The first-order chi connectivity index (χ1) is 6.81. The van der Waals surface area contributed by atoms with Crippen molar-refractivity contribution in [1.29, 1.82) is 0 Å². The van der Waals surface area contributed by atoms with Gasteiger partial charge in [0.2, 0.25) is 0 Å². The van der Waals surface area contributed by atoms with Gasteiger partial charge < -0.3 is 0 Å². The minimum Gasteiger partial charge on any atom is -0.0847 e. The van der Waals surface area contributed by atoms with E-state index < -0.39 is 0 Å². The fourth-order valence-corrected chi connectivity index (χ4v) is 1.41. The van der Waals surface area contributed by atoms with Crippen molar-refractivity contribution < 1.29 is 0 Å². The monoisotopic (exact) mass is 194 g/mol. The van der Waals surface area contributed by atoms with Gasteiger partial charge in [0.1, 0.15) is 0 Å². The Balaban J connectivity index is 3.17. The maximum Gasteiger partial charge on any atom is -0.0348 e. The molecule has 0 amide bonds. The zero-order valence-corrected chi connectivity index (χ0v) is 10.2. The molecule has 0 bridgehead atoms. The maximum atomic E-state index is 2.30. The van der Waals surface area contributed by atoms with Crippen molar-refractivity contribution in [1.82, 2.24) is 0 Å². The highest BCUT2D eigenvalue weighted by Crippen LogP contribution is 2.07. The zero-order valence-electron chi connectivity index (χ0n) is 10.2. The van der Waals surface area contributed by atoms with Crippen LogP contribution in [0.3, 0.4) is 0 Å². The van der Waals surface area contributed by atoms with E-state index >= 15 is 0 Å². The molecule has 0 aromatic heterocycles. The predicted octanol–water partition coefficient (Wildman–Crippen LogP) is 5.26. The number of rotatable bonds is 8. The standard InChI is InChI=1S/C14H26/c1-4-6-7-8-9-10-11-12-13-14(3)5-2/h5,12-13H,4,6-11H2,1-3H3. The van der Waals surface area contributed by atoms with Gasteiger partial charge in [0.05, 0.1) is 0 Å². The van der Waals surface area contributed by atoms with E-state index in [1.807, 2.05) is 0 Å². The van der Waals surface area contributed by atoms with Crippen LogP contribution in [-0.4, -0.2) is 0 Å². The van der Waals surface area contributed by atoms with Crippen LogP contribution in [0.25, 0.3) is 0 Å². The molecule has 82 valence electrons. The minimum atomic E-state index is 1.25. The summed E-state index contributed by atoms with van der Waals surface area (Å²) in [6, 6.07) is 0. The maximum absolute atomic E-state index is 2.30. The highest BCUT2D eigenvalue weighted by molar-refractivity contribution is 5.14. The summed E-state index contributed by atoms with van der Waals surface area (Å²) in [5, 5.41) is 0. The van der Waals surface area contributed by atoms with Crippen LogP contribution < -0.4 is 0 Å². The van der Waals surface area contributed by atoms with E-state index in [2.05, 4.69) is 39.0 Å². The summed E-state index contributed by atoms with van der Waals surface area (Å²) >= 11 is 0. The fraction of sp³-hybridized carbons (Fsp3) is 0.714. The lowest BCUT2D eigenvalue weighted by Crippen LogP contribution is -1.77. The van der Waals surface area contributed by atoms with Crippen LogP contribution in [0.15, 0.2) is 23.8 Å². The first-order valence-corrected chi connectivity index (χ1v) is 6.10. The Hall–Kier alpha value is -0.520. The Morgan fingerprint density at radius 3 is 2.29 bits per heavy atom. The molecule has 0 aliphatic rings. The third-order valence-corrected chi connectivity index (χ3v) is 2.56. The highest BCUT2D eigenvalue weighted by atomic mass is 13.9. The second-order valence-electron chi connectivity index (χ2n) is 3.99. The van der Waals surface area contributed by atoms with Crippen molar-refractivity contribution in [2.45, 2.75) is 65.7 Å². The average Bonchev–Trinajstić information content (AvgIpc) is 2.21. The van der Waals surface area contributed by atoms with E-state index in [-0.39, 0.29) is 0 Å². The van der Waals surface area contributed by atoms with Crippen molar-refractivity contribution in [2.24, 2.45) is 0 Å². The molecule has 14 heavy (non-hydrogen) atoms. The molecule has 0 aliphatic carbocycles. The Morgan fingerprint density at radius 2 is 1.64 bits per heavy atom. The van der Waals surface area contributed by atoms with Crippen molar-refractivity contribution in [2.75, 3.05) is 0 Å². The fourth-order valence-electron chi connectivity index (χ4n) is 1.41. The van der Waals surface area contributed by atoms with Crippen LogP contribution in [0.5, 0.6) is 0 Å². The molecule has 0 radical (unpaired) electrons. The Labute approximate surface area is 90.1 Å². The lowest BCUT2D eigenvalue weighted by molar-refractivity contribution is 0.611. The molecular weight excluding hydrogens is 168 g/mol. The topological polar surface area (TPSA) is 0 Å². The van der Waals surface area contributed by atoms with Gasteiger partial charge in [-0.2, -0.15) is 0 Å². The van der Waals surface area contributed by atoms with Gasteiger partial charge in [0, 0.05) is 0 Å². The summed E-state index contributed by atoms with van der Waals surface area (Å²) in [6.07, 6.45) is 16.3. The molecule has 0 aromatic rings. The molecule has 0 unspecified atom stereocenters. The summed E-state index contributed by atoms with van der Waals surface area (Å²) < 4.78 is 0. The number of unbranched alkanes of at least 4 members (excludes halogenated alkanes) is 6. The van der Waals surface area contributed by atoms with E-state index in [1.165, 1.54) is 50.5 Å². The van der Waals surface area contributed by atoms with E-state index in [9.17, 15) is 0 Å². The van der Waals surface area contributed by atoms with Gasteiger partial charge in [-0.25, -0.2) is 0 Å². The van der Waals surface area contributed by atoms with Gasteiger partial charge in [0.25, 0.3) is 0 Å². The Kier molecular flexibility index (Phi) is 10.2. The Morgan fingerprint density at radius 1 is 1.00 bits per heavy atom. The molecule has 0 rings (SSSR count). The Bertz CT molecular complexity index is 163. The molecule has 0 atom stereocenters. The lowest BCUT2D eigenvalue weighted by Gasteiger charge is -1.97. The van der Waals surface area contributed by atoms with Crippen molar-refractivity contribution in [3.63, 3.8) is 0 Å². The van der Waals surface area contributed by atoms with Crippen LogP contribution in [-0.2, 0) is 0 Å². The molecule has 0 N–H and O–H groups in total. The molecular formula is C14H26. The van der Waals surface area contributed by atoms with Crippen molar-refractivity contribution >= 4 is 0 Å². The summed E-state index contributed by atoms with van der Waals surface area (Å²) in [4.78, 5) is 0. The number of hydrogen-bond acceptors (Lipinski definition) is 0. The van der Waals surface area contributed by atoms with Gasteiger partial charge in [0.15, 0.2) is 0 Å². The summed E-state index contributed by atoms with van der Waals surface area (Å²) in [5.74, 6) is 0. The normalized spacial score (nSPS) is 12.6. The van der Waals surface area contributed by atoms with E-state index in [4.69, 9.17) is 0 Å². The van der Waals surface area contributed by atoms with Crippen molar-refractivity contribution in [3.05, 3.63) is 23.8 Å². The second-order valence-corrected chi connectivity index (χ2v) is 3.99. The smallest absolute Gasteiger partial charge is 0.0348 e. The molecule has 0 aromatic carbocycles. The zero-order chi connectivity index (χ0) is 10.6. The van der Waals surface area contributed by atoms with Crippen LogP contribution in [0, 0.1) is 0 Å². The average molecular weight is 194 g/mol. The van der Waals surface area contributed by atoms with E-state index in [0.717, 1.165) is 0 Å². The van der Waals surface area contributed by atoms with Gasteiger partial charge in [-0.15, -0.1) is 0 Å². The van der Waals surface area contributed by atoms with Gasteiger partial charge >= 0.3 is 0 Å². The quantitative estimate of drug-likeness (QED) is 0.365. The summed E-state index contributed by atoms with van der Waals surface area (Å²) in [5.41, 5.74) is 1.37. The lowest BCUT2D eigenvalue weighted by atomic mass is 10.1. The molecule has 0 heteroatoms. The second kappa shape index (κ2) is 10.6. The number of hydrogen-bond donors (Lipinski definition) is 0. The molecule has 0 heterocycles. The molecule has 0 nitrogen and oxygen atoms in total. The molecule has 0 saturated heterocycles. The largest absolute Gasteiger partial charge is 0.0847 e. The van der Waals surface area contributed by atoms with E-state index in [1.54, 1.807) is 0 Å². The molecule has 0 fully saturated rings. The molecule has 0 spiro atoms. The molecule has 0 saturated carbocycles. The summed E-state index contributed by atoms with van der Waals surface area (Å²) in [7, 11) is 0. The summed E-state index contributed by atoms with van der Waals surface area (Å²) in [6.45, 7) is 6.50. The third kappa shape index (κ3) is 9.57. The minimum absolute atomic E-state index is 1.25. The third-order valence-electron chi connectivity index (χ3n) is 2.56. The van der Waals surface area contributed by atoms with Gasteiger partial charge in [-0.05, 0) is 26.7 Å². The predicted molar refractivity (Wildman–Crippen MR) is 66.6 cm³/mol. The van der Waals surface area contributed by atoms with Crippen molar-refractivity contribution in [3.8, 4) is 0 Å². The van der Waals surface area contributed by atoms with E-state index in [0.29, 0.717) is 0 Å².